The largest absolute Gasteiger partial charge is 0.478 e. The minimum absolute atomic E-state index is 0.0211. The van der Waals surface area contributed by atoms with Gasteiger partial charge in [0.15, 0.2) is 0 Å². The van der Waals surface area contributed by atoms with Crippen LogP contribution >= 0.6 is 0 Å². The van der Waals surface area contributed by atoms with Crippen LogP contribution in [0.1, 0.15) is 108 Å². The smallest absolute Gasteiger partial charge is 0.335 e. The molecule has 4 fully saturated rings. The third kappa shape index (κ3) is 5.24. The lowest BCUT2D eigenvalue weighted by molar-refractivity contribution is -0.210. The number of benzene rings is 1. The lowest BCUT2D eigenvalue weighted by Gasteiger charge is -2.71. The molecule has 5 aliphatic carbocycles. The fourth-order valence-electron chi connectivity index (χ4n) is 12.1. The van der Waals surface area contributed by atoms with Crippen LogP contribution in [0.2, 0.25) is 0 Å². The first-order chi connectivity index (χ1) is 21.4. The molecular weight excluding hydrogens is 562 g/mol. The molecule has 0 spiro atoms. The predicted molar refractivity (Wildman–Crippen MR) is 179 cm³/mol. The summed E-state index contributed by atoms with van der Waals surface area (Å²) in [6, 6.07) is 7.50. The number of aliphatic hydroxyl groups is 1. The van der Waals surface area contributed by atoms with Gasteiger partial charge in [0, 0.05) is 25.2 Å². The number of hydrogen-bond donors (Lipinski definition) is 4. The van der Waals surface area contributed by atoms with Crippen molar-refractivity contribution in [2.45, 2.75) is 97.4 Å². The fraction of sp³-hybridized carbons (Fsp3) is 0.737. The van der Waals surface area contributed by atoms with Crippen molar-refractivity contribution in [1.29, 1.82) is 0 Å². The van der Waals surface area contributed by atoms with Crippen LogP contribution in [0.3, 0.4) is 0 Å². The topological polar surface area (TPSA) is 102 Å². The van der Waals surface area contributed by atoms with Gasteiger partial charge in [0.1, 0.15) is 0 Å². The standard InChI is InChI=1S/C38H57N3O4/c1-25-28(26-8-10-27(11-9-26)33(43)44)14-17-35(2)29(25)15-18-37(4)32(35)13-12-30-31-7-6-16-38(31,20-19-36(30,37)3)40-34(45)39-21-22-41(5)23-24-42/h8-11,14,25,29-32,42H,6-7,12-13,15-24H2,1-5H3,(H,43,44)(H2,39,40,45)/t25?,29?,30?,31?,32?,35?,36-,37?,38?/m1/s1. The molecule has 0 heterocycles. The number of carboxylic acids is 1. The highest BCUT2D eigenvalue weighted by Gasteiger charge is 2.68. The number of nitrogens with one attached hydrogen (secondary N) is 2. The highest BCUT2D eigenvalue weighted by atomic mass is 16.4. The highest BCUT2D eigenvalue weighted by molar-refractivity contribution is 5.88. The van der Waals surface area contributed by atoms with E-state index in [2.05, 4.69) is 44.4 Å². The molecular formula is C38H57N3O4. The number of fused-ring (bicyclic) bond motifs is 7. The number of aliphatic hydroxyl groups excluding tert-OH is 1. The van der Waals surface area contributed by atoms with Crippen molar-refractivity contribution in [3.05, 3.63) is 41.5 Å². The molecule has 8 unspecified atom stereocenters. The summed E-state index contributed by atoms with van der Waals surface area (Å²) in [5.41, 5.74) is 3.66. The van der Waals surface area contributed by atoms with E-state index in [9.17, 15) is 14.7 Å². The summed E-state index contributed by atoms with van der Waals surface area (Å²) >= 11 is 0. The first-order valence-corrected chi connectivity index (χ1v) is 17.8. The first kappa shape index (κ1) is 32.6. The quantitative estimate of drug-likeness (QED) is 0.256. The van der Waals surface area contributed by atoms with Gasteiger partial charge in [-0.15, -0.1) is 0 Å². The van der Waals surface area contributed by atoms with Crippen molar-refractivity contribution in [3.8, 4) is 0 Å². The second-order valence-corrected chi connectivity index (χ2v) is 16.3. The van der Waals surface area contributed by atoms with Gasteiger partial charge >= 0.3 is 12.0 Å². The summed E-state index contributed by atoms with van der Waals surface area (Å²) in [5, 5.41) is 25.2. The molecule has 248 valence electrons. The molecule has 7 heteroatoms. The van der Waals surface area contributed by atoms with E-state index >= 15 is 0 Å². The number of hydrogen-bond acceptors (Lipinski definition) is 4. The Balaban J connectivity index is 1.19. The zero-order valence-corrected chi connectivity index (χ0v) is 28.3. The molecule has 4 saturated carbocycles. The van der Waals surface area contributed by atoms with Gasteiger partial charge in [-0.05, 0) is 134 Å². The Morgan fingerprint density at radius 1 is 0.911 bits per heavy atom. The van der Waals surface area contributed by atoms with Crippen LogP contribution in [0, 0.1) is 45.8 Å². The monoisotopic (exact) mass is 619 g/mol. The lowest BCUT2D eigenvalue weighted by atomic mass is 9.34. The average Bonchev–Trinajstić information content (AvgIpc) is 3.41. The van der Waals surface area contributed by atoms with E-state index in [4.69, 9.17) is 5.11 Å². The van der Waals surface area contributed by atoms with Crippen LogP contribution in [0.5, 0.6) is 0 Å². The van der Waals surface area contributed by atoms with Gasteiger partial charge in [-0.1, -0.05) is 52.3 Å². The molecule has 7 nitrogen and oxygen atoms in total. The SMILES string of the molecule is CC1C(c2ccc(C(=O)O)cc2)=CCC2(C)C1CCC1(C)C2CCC2C3CCCC3(NC(=O)NCCN(C)CCO)CC[C@]21C. The molecule has 0 bridgehead atoms. The minimum Gasteiger partial charge on any atom is -0.478 e. The van der Waals surface area contributed by atoms with Crippen LogP contribution < -0.4 is 10.6 Å². The van der Waals surface area contributed by atoms with E-state index < -0.39 is 5.97 Å². The lowest BCUT2D eigenvalue weighted by Crippen LogP contribution is -2.67. The number of amides is 2. The Labute approximate surface area is 270 Å². The average molecular weight is 620 g/mol. The van der Waals surface area contributed by atoms with Crippen molar-refractivity contribution in [3.63, 3.8) is 0 Å². The summed E-state index contributed by atoms with van der Waals surface area (Å²) in [5.74, 6) is 2.09. The molecule has 0 aliphatic heterocycles. The van der Waals surface area contributed by atoms with E-state index in [0.717, 1.165) is 25.8 Å². The number of likely N-dealkylation sites (N-methyl/N-ethyl adjacent to an activating group) is 1. The third-order valence-corrected chi connectivity index (χ3v) is 14.6. The second kappa shape index (κ2) is 12.0. The number of carbonyl (C=O) groups is 2. The molecule has 5 aliphatic rings. The van der Waals surface area contributed by atoms with Crippen LogP contribution in [0.15, 0.2) is 30.3 Å². The van der Waals surface area contributed by atoms with Gasteiger partial charge in [-0.2, -0.15) is 0 Å². The van der Waals surface area contributed by atoms with Gasteiger partial charge < -0.3 is 25.7 Å². The Kier molecular flexibility index (Phi) is 8.69. The van der Waals surface area contributed by atoms with Crippen LogP contribution in [-0.2, 0) is 0 Å². The van der Waals surface area contributed by atoms with Crippen LogP contribution in [0.4, 0.5) is 4.79 Å². The maximum Gasteiger partial charge on any atom is 0.335 e. The molecule has 9 atom stereocenters. The first-order valence-electron chi connectivity index (χ1n) is 17.8. The van der Waals surface area contributed by atoms with Crippen molar-refractivity contribution in [1.82, 2.24) is 15.5 Å². The number of urea groups is 1. The molecule has 0 saturated heterocycles. The Hall–Kier alpha value is -2.38. The Morgan fingerprint density at radius 3 is 2.38 bits per heavy atom. The number of allylic oxidation sites excluding steroid dienone is 2. The normalized spacial score (nSPS) is 40.4. The predicted octanol–water partition coefficient (Wildman–Crippen LogP) is 6.82. The number of carboxylic acid groups (broad SMARTS) is 1. The number of rotatable bonds is 8. The van der Waals surface area contributed by atoms with Crippen molar-refractivity contribution >= 4 is 17.6 Å². The number of nitrogens with zero attached hydrogens (tertiary/aromatic N) is 1. The molecule has 45 heavy (non-hydrogen) atoms. The molecule has 0 radical (unpaired) electrons. The Morgan fingerprint density at radius 2 is 1.67 bits per heavy atom. The maximum absolute atomic E-state index is 13.2. The molecule has 4 N–H and O–H groups in total. The van der Waals surface area contributed by atoms with E-state index in [-0.39, 0.29) is 34.4 Å². The minimum atomic E-state index is -0.870. The number of carbonyl (C=O) groups excluding carboxylic acids is 1. The second-order valence-electron chi connectivity index (χ2n) is 16.3. The van der Waals surface area contributed by atoms with Crippen molar-refractivity contribution in [2.75, 3.05) is 33.3 Å². The van der Waals surface area contributed by atoms with Gasteiger partial charge in [-0.25, -0.2) is 9.59 Å². The van der Waals surface area contributed by atoms with Gasteiger partial charge in [-0.3, -0.25) is 0 Å². The van der Waals surface area contributed by atoms with Gasteiger partial charge in [0.2, 0.25) is 0 Å². The third-order valence-electron chi connectivity index (χ3n) is 14.6. The summed E-state index contributed by atoms with van der Waals surface area (Å²) < 4.78 is 0. The molecule has 1 aromatic carbocycles. The van der Waals surface area contributed by atoms with Crippen LogP contribution in [0.25, 0.3) is 5.57 Å². The fourth-order valence-corrected chi connectivity index (χ4v) is 12.1. The zero-order valence-electron chi connectivity index (χ0n) is 28.3. The summed E-state index contributed by atoms with van der Waals surface area (Å²) in [6.45, 7) is 12.4. The highest BCUT2D eigenvalue weighted by Crippen LogP contribution is 2.75. The summed E-state index contributed by atoms with van der Waals surface area (Å²) in [7, 11) is 1.97. The van der Waals surface area contributed by atoms with Gasteiger partial charge in [0.25, 0.3) is 0 Å². The molecule has 1 aromatic rings. The Bertz CT molecular complexity index is 1310. The van der Waals surface area contributed by atoms with E-state index in [0.29, 0.717) is 48.2 Å². The maximum atomic E-state index is 13.2. The molecule has 0 aromatic heterocycles. The summed E-state index contributed by atoms with van der Waals surface area (Å²) in [6.07, 6.45) is 14.5. The summed E-state index contributed by atoms with van der Waals surface area (Å²) in [4.78, 5) is 26.7. The van der Waals surface area contributed by atoms with E-state index in [1.807, 2.05) is 24.1 Å². The van der Waals surface area contributed by atoms with E-state index in [1.54, 1.807) is 12.1 Å². The van der Waals surface area contributed by atoms with Crippen LogP contribution in [-0.4, -0.2) is 65.9 Å². The zero-order chi connectivity index (χ0) is 32.2. The van der Waals surface area contributed by atoms with Gasteiger partial charge in [0.05, 0.1) is 12.2 Å². The van der Waals surface area contributed by atoms with E-state index in [1.165, 1.54) is 56.1 Å². The number of aromatic carboxylic acids is 1. The van der Waals surface area contributed by atoms with Crippen molar-refractivity contribution in [2.24, 2.45) is 45.8 Å². The molecule has 6 rings (SSSR count). The van der Waals surface area contributed by atoms with Crippen molar-refractivity contribution < 1.29 is 19.8 Å². The molecule has 2 amide bonds.